The maximum atomic E-state index is 13.6. The molecule has 0 spiro atoms. The molecule has 1 N–H and O–H groups in total. The number of anilines is 1. The summed E-state index contributed by atoms with van der Waals surface area (Å²) in [6.07, 6.45) is 1.57. The van der Waals surface area contributed by atoms with Gasteiger partial charge in [0.15, 0.2) is 11.6 Å². The van der Waals surface area contributed by atoms with Gasteiger partial charge in [0.2, 0.25) is 0 Å². The molecule has 0 aliphatic heterocycles. The van der Waals surface area contributed by atoms with Crippen molar-refractivity contribution in [1.82, 2.24) is 4.98 Å². The number of nitrogens with one attached hydrogen (secondary N) is 1. The highest BCUT2D eigenvalue weighted by Gasteiger charge is 2.10. The van der Waals surface area contributed by atoms with E-state index in [0.29, 0.717) is 4.47 Å². The van der Waals surface area contributed by atoms with Gasteiger partial charge in [-0.25, -0.2) is 9.37 Å². The fourth-order valence-electron chi connectivity index (χ4n) is 1.59. The standard InChI is InChI=1S/C13H11Br2FN2/c1-8(9-3-2-4-10(14)5-9)18-13-12(16)6-11(15)7-17-13/h2-8H,1H3,(H,17,18). The molecule has 2 rings (SSSR count). The van der Waals surface area contributed by atoms with E-state index in [1.807, 2.05) is 31.2 Å². The lowest BCUT2D eigenvalue weighted by Gasteiger charge is -2.15. The number of rotatable bonds is 3. The first kappa shape index (κ1) is 13.5. The van der Waals surface area contributed by atoms with Gasteiger partial charge in [-0.15, -0.1) is 0 Å². The smallest absolute Gasteiger partial charge is 0.166 e. The number of halogens is 3. The number of nitrogens with zero attached hydrogens (tertiary/aromatic N) is 1. The zero-order valence-electron chi connectivity index (χ0n) is 9.62. The predicted octanol–water partition coefficient (Wildman–Crippen LogP) is 4.92. The highest BCUT2D eigenvalue weighted by atomic mass is 79.9. The van der Waals surface area contributed by atoms with E-state index in [0.717, 1.165) is 10.0 Å². The molecule has 1 aromatic carbocycles. The summed E-state index contributed by atoms with van der Waals surface area (Å²) < 4.78 is 15.3. The second-order valence-corrected chi connectivity index (χ2v) is 5.74. The van der Waals surface area contributed by atoms with Crippen LogP contribution in [0, 0.1) is 5.82 Å². The number of hydrogen-bond donors (Lipinski definition) is 1. The zero-order chi connectivity index (χ0) is 13.1. The van der Waals surface area contributed by atoms with Gasteiger partial charge in [-0.05, 0) is 46.6 Å². The number of aromatic nitrogens is 1. The van der Waals surface area contributed by atoms with Gasteiger partial charge in [0, 0.05) is 15.1 Å². The van der Waals surface area contributed by atoms with Crippen LogP contribution in [0.1, 0.15) is 18.5 Å². The summed E-state index contributed by atoms with van der Waals surface area (Å²) in [5.41, 5.74) is 1.06. The average Bonchev–Trinajstić information content (AvgIpc) is 2.32. The maximum absolute atomic E-state index is 13.6. The van der Waals surface area contributed by atoms with Crippen molar-refractivity contribution in [3.63, 3.8) is 0 Å². The number of benzene rings is 1. The third-order valence-electron chi connectivity index (χ3n) is 2.51. The minimum Gasteiger partial charge on any atom is -0.361 e. The van der Waals surface area contributed by atoms with E-state index >= 15 is 0 Å². The van der Waals surface area contributed by atoms with Crippen molar-refractivity contribution in [3.05, 3.63) is 56.9 Å². The normalized spacial score (nSPS) is 12.2. The third kappa shape index (κ3) is 3.29. The highest BCUT2D eigenvalue weighted by Crippen LogP contribution is 2.23. The van der Waals surface area contributed by atoms with Crippen molar-refractivity contribution in [2.45, 2.75) is 13.0 Å². The molecular weight excluding hydrogens is 363 g/mol. The second kappa shape index (κ2) is 5.80. The summed E-state index contributed by atoms with van der Waals surface area (Å²) in [6, 6.07) is 9.25. The molecule has 5 heteroatoms. The van der Waals surface area contributed by atoms with Crippen LogP contribution in [0.5, 0.6) is 0 Å². The third-order valence-corrected chi connectivity index (χ3v) is 3.44. The molecular formula is C13H11Br2FN2. The van der Waals surface area contributed by atoms with Crippen molar-refractivity contribution >= 4 is 37.7 Å². The molecule has 0 radical (unpaired) electrons. The van der Waals surface area contributed by atoms with Crippen LogP contribution >= 0.6 is 31.9 Å². The SMILES string of the molecule is CC(Nc1ncc(Br)cc1F)c1cccc(Br)c1. The molecule has 0 saturated heterocycles. The molecule has 0 fully saturated rings. The highest BCUT2D eigenvalue weighted by molar-refractivity contribution is 9.10. The average molecular weight is 374 g/mol. The van der Waals surface area contributed by atoms with Crippen LogP contribution in [0.4, 0.5) is 10.2 Å². The van der Waals surface area contributed by atoms with Crippen LogP contribution in [0.3, 0.4) is 0 Å². The summed E-state index contributed by atoms with van der Waals surface area (Å²) >= 11 is 6.60. The Labute approximate surface area is 122 Å². The largest absolute Gasteiger partial charge is 0.361 e. The molecule has 2 nitrogen and oxygen atoms in total. The molecule has 1 unspecified atom stereocenters. The first-order valence-corrected chi connectivity index (χ1v) is 6.98. The summed E-state index contributed by atoms with van der Waals surface area (Å²) in [5.74, 6) is -0.114. The van der Waals surface area contributed by atoms with Crippen LogP contribution in [0.2, 0.25) is 0 Å². The summed E-state index contributed by atoms with van der Waals surface area (Å²) in [5, 5.41) is 3.05. The van der Waals surface area contributed by atoms with Gasteiger partial charge in [-0.3, -0.25) is 0 Å². The Hall–Kier alpha value is -0.940. The van der Waals surface area contributed by atoms with Crippen molar-refractivity contribution in [3.8, 4) is 0 Å². The summed E-state index contributed by atoms with van der Waals surface area (Å²) in [6.45, 7) is 1.96. The minimum atomic E-state index is -0.369. The Morgan fingerprint density at radius 2 is 2.00 bits per heavy atom. The van der Waals surface area contributed by atoms with Crippen LogP contribution in [-0.4, -0.2) is 4.98 Å². The van der Waals surface area contributed by atoms with E-state index in [4.69, 9.17) is 0 Å². The van der Waals surface area contributed by atoms with E-state index < -0.39 is 0 Å². The van der Waals surface area contributed by atoms with Crippen LogP contribution in [0.25, 0.3) is 0 Å². The Morgan fingerprint density at radius 1 is 1.22 bits per heavy atom. The van der Waals surface area contributed by atoms with E-state index in [2.05, 4.69) is 42.2 Å². The van der Waals surface area contributed by atoms with Crippen molar-refractivity contribution in [2.75, 3.05) is 5.32 Å². The summed E-state index contributed by atoms with van der Waals surface area (Å²) in [7, 11) is 0. The zero-order valence-corrected chi connectivity index (χ0v) is 12.8. The van der Waals surface area contributed by atoms with Crippen molar-refractivity contribution in [1.29, 1.82) is 0 Å². The quantitative estimate of drug-likeness (QED) is 0.825. The predicted molar refractivity (Wildman–Crippen MR) is 78.1 cm³/mol. The molecule has 1 heterocycles. The van der Waals surface area contributed by atoms with Crippen molar-refractivity contribution < 1.29 is 4.39 Å². The molecule has 1 aromatic heterocycles. The van der Waals surface area contributed by atoms with Gasteiger partial charge in [0.05, 0.1) is 6.04 Å². The van der Waals surface area contributed by atoms with E-state index in [-0.39, 0.29) is 17.7 Å². The van der Waals surface area contributed by atoms with Gasteiger partial charge < -0.3 is 5.32 Å². The lowest BCUT2D eigenvalue weighted by Crippen LogP contribution is -2.09. The first-order chi connectivity index (χ1) is 8.56. The van der Waals surface area contributed by atoms with Gasteiger partial charge in [0.25, 0.3) is 0 Å². The Bertz CT molecular complexity index is 560. The van der Waals surface area contributed by atoms with Gasteiger partial charge in [0.1, 0.15) is 0 Å². The molecule has 2 aromatic rings. The molecule has 1 atom stereocenters. The van der Waals surface area contributed by atoms with Crippen LogP contribution in [0.15, 0.2) is 45.5 Å². The van der Waals surface area contributed by atoms with E-state index in [1.54, 1.807) is 6.20 Å². The lowest BCUT2D eigenvalue weighted by molar-refractivity contribution is 0.620. The molecule has 94 valence electrons. The lowest BCUT2D eigenvalue weighted by atomic mass is 10.1. The second-order valence-electron chi connectivity index (χ2n) is 3.90. The van der Waals surface area contributed by atoms with Gasteiger partial charge in [-0.1, -0.05) is 28.1 Å². The molecule has 0 saturated carbocycles. The monoisotopic (exact) mass is 372 g/mol. The molecule has 0 bridgehead atoms. The molecule has 18 heavy (non-hydrogen) atoms. The molecule has 0 amide bonds. The first-order valence-electron chi connectivity index (χ1n) is 5.39. The maximum Gasteiger partial charge on any atom is 0.166 e. The topological polar surface area (TPSA) is 24.9 Å². The number of hydrogen-bond acceptors (Lipinski definition) is 2. The Morgan fingerprint density at radius 3 is 2.67 bits per heavy atom. The van der Waals surface area contributed by atoms with E-state index in [9.17, 15) is 4.39 Å². The molecule has 0 aliphatic rings. The van der Waals surface area contributed by atoms with E-state index in [1.165, 1.54) is 6.07 Å². The molecule has 0 aliphatic carbocycles. The fraction of sp³-hybridized carbons (Fsp3) is 0.154. The van der Waals surface area contributed by atoms with Crippen molar-refractivity contribution in [2.24, 2.45) is 0 Å². The minimum absolute atomic E-state index is 0.0225. The van der Waals surface area contributed by atoms with Gasteiger partial charge in [-0.2, -0.15) is 0 Å². The Balaban J connectivity index is 2.18. The van der Waals surface area contributed by atoms with Crippen LogP contribution < -0.4 is 5.32 Å². The summed E-state index contributed by atoms with van der Waals surface area (Å²) in [4.78, 5) is 4.02. The Kier molecular flexibility index (Phi) is 4.35. The van der Waals surface area contributed by atoms with Crippen LogP contribution in [-0.2, 0) is 0 Å². The fourth-order valence-corrected chi connectivity index (χ4v) is 2.31. The number of pyridine rings is 1. The van der Waals surface area contributed by atoms with Gasteiger partial charge >= 0.3 is 0 Å².